The first kappa shape index (κ1) is 17.9. The molecule has 0 N–H and O–H groups in total. The molecule has 0 unspecified atom stereocenters. The molecule has 0 aliphatic rings. The fraction of sp³-hybridized carbons (Fsp3) is 0.667. The predicted molar refractivity (Wildman–Crippen MR) is 76.0 cm³/mol. The molecule has 0 saturated heterocycles. The summed E-state index contributed by atoms with van der Waals surface area (Å²) in [5, 5.41) is 22.2. The number of hydrogen-bond donors (Lipinski definition) is 0. The average Bonchev–Trinajstić information content (AvgIpc) is 2.42. The van der Waals surface area contributed by atoms with E-state index in [4.69, 9.17) is 0 Å². The fourth-order valence-electron chi connectivity index (χ4n) is 1.57. The molecule has 0 aliphatic heterocycles. The van der Waals surface area contributed by atoms with Crippen molar-refractivity contribution in [2.45, 2.75) is 27.7 Å². The smallest absolute Gasteiger partial charge is 0.363 e. The van der Waals surface area contributed by atoms with E-state index in [0.29, 0.717) is 26.2 Å². The highest BCUT2D eigenvalue weighted by atomic mass is 16.6. The highest BCUT2D eigenvalue weighted by molar-refractivity contribution is 5.17. The van der Waals surface area contributed by atoms with Crippen LogP contribution in [0, 0.1) is 20.2 Å². The third kappa shape index (κ3) is 5.25. The Morgan fingerprint density at radius 3 is 1.20 bits per heavy atom. The molecule has 0 bridgehead atoms. The zero-order valence-electron chi connectivity index (χ0n) is 12.4. The van der Waals surface area contributed by atoms with Gasteiger partial charge in [-0.15, -0.1) is 0 Å². The van der Waals surface area contributed by atoms with Crippen molar-refractivity contribution in [3.05, 3.63) is 44.0 Å². The van der Waals surface area contributed by atoms with E-state index in [1.54, 1.807) is 9.80 Å². The Morgan fingerprint density at radius 1 is 0.800 bits per heavy atom. The predicted octanol–water partition coefficient (Wildman–Crippen LogP) is 1.91. The molecule has 8 nitrogen and oxygen atoms in total. The summed E-state index contributed by atoms with van der Waals surface area (Å²) in [5.41, 5.74) is -0.990. The van der Waals surface area contributed by atoms with Crippen LogP contribution in [0.25, 0.3) is 0 Å². The van der Waals surface area contributed by atoms with Gasteiger partial charge in [0.2, 0.25) is 0 Å². The van der Waals surface area contributed by atoms with Crippen molar-refractivity contribution in [1.82, 2.24) is 9.80 Å². The van der Waals surface area contributed by atoms with Gasteiger partial charge in [-0.2, -0.15) is 0 Å². The van der Waals surface area contributed by atoms with Gasteiger partial charge in [-0.1, -0.05) is 0 Å². The second kappa shape index (κ2) is 8.89. The highest BCUT2D eigenvalue weighted by Crippen LogP contribution is 2.14. The summed E-state index contributed by atoms with van der Waals surface area (Å²) in [7, 11) is 0. The van der Waals surface area contributed by atoms with Gasteiger partial charge in [-0.25, -0.2) is 0 Å². The standard InChI is InChI=1S/C12H22N4O4/c1-5-13(6-2)9-11(15(17)18)12(16(19)20)10-14(7-3)8-4/h9-10H,5-8H2,1-4H3/b11-9+,12-10?. The molecule has 0 radical (unpaired) electrons. The quantitative estimate of drug-likeness (QED) is 0.365. The Kier molecular flexibility index (Phi) is 7.95. The minimum absolute atomic E-state index is 0.495. The van der Waals surface area contributed by atoms with Crippen LogP contribution in [0.1, 0.15) is 27.7 Å². The first-order valence-electron chi connectivity index (χ1n) is 6.61. The minimum Gasteiger partial charge on any atom is -0.372 e. The maximum absolute atomic E-state index is 11.1. The number of rotatable bonds is 9. The molecular formula is C12H22N4O4. The van der Waals surface area contributed by atoms with Gasteiger partial charge in [-0.05, 0) is 27.7 Å². The van der Waals surface area contributed by atoms with Gasteiger partial charge in [0.15, 0.2) is 0 Å². The van der Waals surface area contributed by atoms with Gasteiger partial charge in [0.1, 0.15) is 0 Å². The molecule has 8 heteroatoms. The molecule has 0 fully saturated rings. The van der Waals surface area contributed by atoms with E-state index in [0.717, 1.165) is 0 Å². The zero-order chi connectivity index (χ0) is 15.7. The lowest BCUT2D eigenvalue weighted by Crippen LogP contribution is -2.23. The highest BCUT2D eigenvalue weighted by Gasteiger charge is 2.30. The van der Waals surface area contributed by atoms with Gasteiger partial charge in [-0.3, -0.25) is 20.2 Å². The Labute approximate surface area is 118 Å². The van der Waals surface area contributed by atoms with Crippen LogP contribution in [-0.2, 0) is 0 Å². The van der Waals surface area contributed by atoms with Crippen LogP contribution in [0.15, 0.2) is 23.8 Å². The van der Waals surface area contributed by atoms with Crippen molar-refractivity contribution in [1.29, 1.82) is 0 Å². The maximum atomic E-state index is 11.1. The lowest BCUT2D eigenvalue weighted by Gasteiger charge is -2.16. The van der Waals surface area contributed by atoms with Crippen molar-refractivity contribution >= 4 is 0 Å². The molecule has 0 rings (SSSR count). The molecule has 0 spiro atoms. The van der Waals surface area contributed by atoms with Gasteiger partial charge in [0.25, 0.3) is 0 Å². The first-order valence-corrected chi connectivity index (χ1v) is 6.61. The molecular weight excluding hydrogens is 264 g/mol. The van der Waals surface area contributed by atoms with E-state index in [2.05, 4.69) is 0 Å². The van der Waals surface area contributed by atoms with Crippen LogP contribution in [0.3, 0.4) is 0 Å². The topological polar surface area (TPSA) is 92.8 Å². The normalized spacial score (nSPS) is 12.2. The molecule has 0 atom stereocenters. The lowest BCUT2D eigenvalue weighted by molar-refractivity contribution is -0.480. The Hall–Kier alpha value is -2.12. The zero-order valence-corrected chi connectivity index (χ0v) is 12.4. The number of nitrogens with zero attached hydrogens (tertiary/aromatic N) is 4. The monoisotopic (exact) mass is 286 g/mol. The molecule has 0 amide bonds. The molecule has 0 aromatic rings. The summed E-state index contributed by atoms with van der Waals surface area (Å²) in [6.07, 6.45) is 2.47. The van der Waals surface area contributed by atoms with Crippen LogP contribution < -0.4 is 0 Å². The van der Waals surface area contributed by atoms with Gasteiger partial charge >= 0.3 is 11.4 Å². The van der Waals surface area contributed by atoms with E-state index < -0.39 is 21.2 Å². The van der Waals surface area contributed by atoms with E-state index in [1.165, 1.54) is 12.4 Å². The van der Waals surface area contributed by atoms with E-state index in [-0.39, 0.29) is 0 Å². The summed E-state index contributed by atoms with van der Waals surface area (Å²) in [4.78, 5) is 24.1. The fourth-order valence-corrected chi connectivity index (χ4v) is 1.57. The average molecular weight is 286 g/mol. The summed E-state index contributed by atoms with van der Waals surface area (Å²) < 4.78 is 0. The largest absolute Gasteiger partial charge is 0.372 e. The molecule has 0 aliphatic carbocycles. The van der Waals surface area contributed by atoms with Crippen LogP contribution >= 0.6 is 0 Å². The SMILES string of the molecule is CCN(C=C(/C(=C\N(CC)CC)[N+](=O)[O-])[N+](=O)[O-])CC. The van der Waals surface area contributed by atoms with Gasteiger partial charge < -0.3 is 9.80 Å². The Balaban J connectivity index is 5.70. The second-order valence-electron chi connectivity index (χ2n) is 3.99. The third-order valence-electron chi connectivity index (χ3n) is 2.89. The lowest BCUT2D eigenvalue weighted by atomic mass is 10.3. The Bertz CT molecular complexity index is 360. The van der Waals surface area contributed by atoms with Gasteiger partial charge in [0.05, 0.1) is 22.2 Å². The van der Waals surface area contributed by atoms with Crippen LogP contribution in [0.5, 0.6) is 0 Å². The van der Waals surface area contributed by atoms with Gasteiger partial charge in [0, 0.05) is 26.2 Å². The van der Waals surface area contributed by atoms with Crippen molar-refractivity contribution in [3.63, 3.8) is 0 Å². The molecule has 0 saturated carbocycles. The van der Waals surface area contributed by atoms with E-state index >= 15 is 0 Å². The second-order valence-corrected chi connectivity index (χ2v) is 3.99. The maximum Gasteiger partial charge on any atom is 0.363 e. The summed E-state index contributed by atoms with van der Waals surface area (Å²) in [6, 6.07) is 0. The van der Waals surface area contributed by atoms with Crippen molar-refractivity contribution < 1.29 is 9.85 Å². The molecule has 0 heterocycles. The molecule has 0 aromatic carbocycles. The third-order valence-corrected chi connectivity index (χ3v) is 2.89. The molecule has 114 valence electrons. The van der Waals surface area contributed by atoms with Crippen molar-refractivity contribution in [3.8, 4) is 0 Å². The number of hydrogen-bond acceptors (Lipinski definition) is 6. The van der Waals surface area contributed by atoms with E-state index in [1.807, 2.05) is 27.7 Å². The summed E-state index contributed by atoms with van der Waals surface area (Å²) in [5.74, 6) is 0. The summed E-state index contributed by atoms with van der Waals surface area (Å²) >= 11 is 0. The summed E-state index contributed by atoms with van der Waals surface area (Å²) in [6.45, 7) is 9.51. The van der Waals surface area contributed by atoms with E-state index in [9.17, 15) is 20.2 Å². The van der Waals surface area contributed by atoms with Crippen molar-refractivity contribution in [2.75, 3.05) is 26.2 Å². The van der Waals surface area contributed by atoms with Crippen LogP contribution in [0.4, 0.5) is 0 Å². The number of nitro groups is 2. The molecule has 20 heavy (non-hydrogen) atoms. The van der Waals surface area contributed by atoms with Crippen molar-refractivity contribution in [2.24, 2.45) is 0 Å². The van der Waals surface area contributed by atoms with Crippen LogP contribution in [-0.4, -0.2) is 45.8 Å². The van der Waals surface area contributed by atoms with Crippen LogP contribution in [0.2, 0.25) is 0 Å². The minimum atomic E-state index is -0.712. The Morgan fingerprint density at radius 2 is 1.05 bits per heavy atom. The first-order chi connectivity index (χ1) is 9.40. The molecule has 0 aromatic heterocycles.